The normalized spacial score (nSPS) is 29.2. The summed E-state index contributed by atoms with van der Waals surface area (Å²) in [6, 6.07) is 17.6. The maximum Gasteiger partial charge on any atom is 0.251 e. The number of hydrogen-bond donors (Lipinski definition) is 2. The Morgan fingerprint density at radius 3 is 2.67 bits per heavy atom. The van der Waals surface area contributed by atoms with E-state index < -0.39 is 0 Å². The van der Waals surface area contributed by atoms with Crippen LogP contribution in [-0.4, -0.2) is 41.6 Å². The fourth-order valence-electron chi connectivity index (χ4n) is 5.85. The Morgan fingerprint density at radius 2 is 1.90 bits per heavy atom. The number of nitrogens with zero attached hydrogens (tertiary/aromatic N) is 1. The zero-order valence-electron chi connectivity index (χ0n) is 17.6. The van der Waals surface area contributed by atoms with Gasteiger partial charge in [-0.2, -0.15) is 0 Å². The zero-order chi connectivity index (χ0) is 20.6. The summed E-state index contributed by atoms with van der Waals surface area (Å²) >= 11 is 0. The lowest BCUT2D eigenvalue weighted by Gasteiger charge is -2.53. The first-order chi connectivity index (χ1) is 14.6. The molecule has 30 heavy (non-hydrogen) atoms. The van der Waals surface area contributed by atoms with Crippen LogP contribution in [0, 0.1) is 11.8 Å². The van der Waals surface area contributed by atoms with Gasteiger partial charge in [0.15, 0.2) is 0 Å². The highest BCUT2D eigenvalue weighted by Gasteiger charge is 2.48. The molecule has 2 N–H and O–H groups in total. The van der Waals surface area contributed by atoms with E-state index in [0.29, 0.717) is 11.7 Å². The Hall–Kier alpha value is -2.33. The Kier molecular flexibility index (Phi) is 5.28. The van der Waals surface area contributed by atoms with Crippen LogP contribution >= 0.6 is 0 Å². The van der Waals surface area contributed by atoms with E-state index >= 15 is 0 Å². The zero-order valence-corrected chi connectivity index (χ0v) is 17.6. The first-order valence-electron chi connectivity index (χ1n) is 11.5. The van der Waals surface area contributed by atoms with E-state index in [-0.39, 0.29) is 17.4 Å². The van der Waals surface area contributed by atoms with Crippen LogP contribution in [0.4, 0.5) is 0 Å². The van der Waals surface area contributed by atoms with Crippen LogP contribution in [-0.2, 0) is 5.41 Å². The number of carbonyl (C=O) groups excluding carboxylic acids is 1. The van der Waals surface area contributed by atoms with Crippen molar-refractivity contribution in [2.75, 3.05) is 19.6 Å². The van der Waals surface area contributed by atoms with Crippen LogP contribution < -0.4 is 5.32 Å². The van der Waals surface area contributed by atoms with Gasteiger partial charge in [0.05, 0.1) is 0 Å². The Labute approximate surface area is 179 Å². The summed E-state index contributed by atoms with van der Waals surface area (Å²) in [7, 11) is 0. The Bertz CT molecular complexity index is 895. The van der Waals surface area contributed by atoms with E-state index in [4.69, 9.17) is 0 Å². The SMILES string of the molecule is O=C(N[C@@H]1CC[C@H]2CN(CC3CC3)CC[C@]2(c2cccc(O)c2)C1)c1ccccc1. The van der Waals surface area contributed by atoms with Crippen molar-refractivity contribution in [2.24, 2.45) is 11.8 Å². The molecule has 2 aromatic rings. The van der Waals surface area contributed by atoms with Crippen molar-refractivity contribution in [2.45, 2.75) is 50.0 Å². The second-order valence-corrected chi connectivity index (χ2v) is 9.67. The second kappa shape index (κ2) is 8.07. The molecule has 1 heterocycles. The maximum absolute atomic E-state index is 12.8. The minimum Gasteiger partial charge on any atom is -0.508 e. The number of hydrogen-bond acceptors (Lipinski definition) is 3. The third-order valence-electron chi connectivity index (χ3n) is 7.61. The highest BCUT2D eigenvalue weighted by atomic mass is 16.3. The minimum absolute atomic E-state index is 0.0243. The molecule has 0 spiro atoms. The Balaban J connectivity index is 1.37. The standard InChI is InChI=1S/C26H32N2O2/c29-24-8-4-7-21(15-24)26-13-14-28(17-19-9-10-19)18-22(26)11-12-23(16-26)27-25(30)20-5-2-1-3-6-20/h1-8,15,19,22-23,29H,9-14,16-18H2,(H,27,30)/t22-,23+,26+/m0/s1. The molecule has 0 bridgehead atoms. The topological polar surface area (TPSA) is 52.6 Å². The van der Waals surface area contributed by atoms with E-state index in [1.165, 1.54) is 24.9 Å². The molecule has 1 aliphatic heterocycles. The first kappa shape index (κ1) is 19.6. The van der Waals surface area contributed by atoms with Gasteiger partial charge in [0.1, 0.15) is 5.75 Å². The highest BCUT2D eigenvalue weighted by Crippen LogP contribution is 2.50. The lowest BCUT2D eigenvalue weighted by Crippen LogP contribution is -2.56. The summed E-state index contributed by atoms with van der Waals surface area (Å²) in [6.45, 7) is 3.51. The molecule has 2 saturated carbocycles. The number of phenolic OH excluding ortho intramolecular Hbond substituents is 1. The second-order valence-electron chi connectivity index (χ2n) is 9.67. The number of amides is 1. The third-order valence-corrected chi connectivity index (χ3v) is 7.61. The summed E-state index contributed by atoms with van der Waals surface area (Å²) < 4.78 is 0. The van der Waals surface area contributed by atoms with Crippen molar-refractivity contribution in [3.63, 3.8) is 0 Å². The molecular formula is C26H32N2O2. The predicted molar refractivity (Wildman–Crippen MR) is 119 cm³/mol. The van der Waals surface area contributed by atoms with Crippen molar-refractivity contribution in [1.82, 2.24) is 10.2 Å². The van der Waals surface area contributed by atoms with E-state index in [0.717, 1.165) is 50.3 Å². The summed E-state index contributed by atoms with van der Waals surface area (Å²) in [5, 5.41) is 13.5. The van der Waals surface area contributed by atoms with Gasteiger partial charge in [-0.25, -0.2) is 0 Å². The molecule has 0 radical (unpaired) electrons. The number of likely N-dealkylation sites (tertiary alicyclic amines) is 1. The molecule has 3 atom stereocenters. The van der Waals surface area contributed by atoms with Crippen molar-refractivity contribution in [3.05, 3.63) is 65.7 Å². The van der Waals surface area contributed by atoms with Crippen LogP contribution in [0.25, 0.3) is 0 Å². The summed E-state index contributed by atoms with van der Waals surface area (Å²) in [6.07, 6.45) is 7.00. The van der Waals surface area contributed by atoms with Gasteiger partial charge in [-0.05, 0) is 86.7 Å². The molecule has 2 aliphatic carbocycles. The summed E-state index contributed by atoms with van der Waals surface area (Å²) in [5.41, 5.74) is 2.01. The molecule has 158 valence electrons. The first-order valence-corrected chi connectivity index (χ1v) is 11.5. The van der Waals surface area contributed by atoms with Gasteiger partial charge in [-0.1, -0.05) is 30.3 Å². The predicted octanol–water partition coefficient (Wildman–Crippen LogP) is 4.34. The van der Waals surface area contributed by atoms with Gasteiger partial charge in [0.2, 0.25) is 0 Å². The smallest absolute Gasteiger partial charge is 0.251 e. The van der Waals surface area contributed by atoms with Crippen LogP contribution in [0.15, 0.2) is 54.6 Å². The van der Waals surface area contributed by atoms with E-state index in [2.05, 4.69) is 16.3 Å². The van der Waals surface area contributed by atoms with E-state index in [9.17, 15) is 9.90 Å². The molecule has 1 saturated heterocycles. The number of benzene rings is 2. The quantitative estimate of drug-likeness (QED) is 0.779. The molecular weight excluding hydrogens is 372 g/mol. The fourth-order valence-corrected chi connectivity index (χ4v) is 5.85. The number of aromatic hydroxyl groups is 1. The van der Waals surface area contributed by atoms with E-state index in [1.807, 2.05) is 42.5 Å². The minimum atomic E-state index is 0.0243. The van der Waals surface area contributed by atoms with Crippen LogP contribution in [0.2, 0.25) is 0 Å². The number of piperidine rings is 1. The van der Waals surface area contributed by atoms with Crippen molar-refractivity contribution >= 4 is 5.91 Å². The molecule has 1 amide bonds. The number of rotatable bonds is 5. The molecule has 2 aromatic carbocycles. The van der Waals surface area contributed by atoms with Gasteiger partial charge in [-0.3, -0.25) is 4.79 Å². The van der Waals surface area contributed by atoms with E-state index in [1.54, 1.807) is 6.07 Å². The number of phenols is 1. The summed E-state index contributed by atoms with van der Waals surface area (Å²) in [4.78, 5) is 15.5. The van der Waals surface area contributed by atoms with Gasteiger partial charge in [-0.15, -0.1) is 0 Å². The monoisotopic (exact) mass is 404 g/mol. The highest BCUT2D eigenvalue weighted by molar-refractivity contribution is 5.94. The average Bonchev–Trinajstić information content (AvgIpc) is 3.58. The fraction of sp³-hybridized carbons (Fsp3) is 0.500. The average molecular weight is 405 g/mol. The lowest BCUT2D eigenvalue weighted by molar-refractivity contribution is 0.0403. The van der Waals surface area contributed by atoms with Crippen LogP contribution in [0.1, 0.15) is 54.4 Å². The molecule has 0 aromatic heterocycles. The molecule has 0 unspecified atom stereocenters. The number of nitrogens with one attached hydrogen (secondary N) is 1. The molecule has 3 aliphatic rings. The molecule has 5 rings (SSSR count). The van der Waals surface area contributed by atoms with Crippen molar-refractivity contribution in [3.8, 4) is 5.75 Å². The number of carbonyl (C=O) groups is 1. The largest absolute Gasteiger partial charge is 0.508 e. The van der Waals surface area contributed by atoms with Crippen molar-refractivity contribution < 1.29 is 9.90 Å². The van der Waals surface area contributed by atoms with Gasteiger partial charge in [0, 0.05) is 30.1 Å². The van der Waals surface area contributed by atoms with Gasteiger partial charge < -0.3 is 15.3 Å². The van der Waals surface area contributed by atoms with Crippen molar-refractivity contribution in [1.29, 1.82) is 0 Å². The molecule has 4 heteroatoms. The lowest BCUT2D eigenvalue weighted by atomic mass is 9.58. The maximum atomic E-state index is 12.8. The number of fused-ring (bicyclic) bond motifs is 1. The third kappa shape index (κ3) is 3.98. The van der Waals surface area contributed by atoms with Crippen LogP contribution in [0.3, 0.4) is 0 Å². The summed E-state index contributed by atoms with van der Waals surface area (Å²) in [5.74, 6) is 1.87. The van der Waals surface area contributed by atoms with Crippen LogP contribution in [0.5, 0.6) is 5.75 Å². The van der Waals surface area contributed by atoms with Gasteiger partial charge >= 0.3 is 0 Å². The van der Waals surface area contributed by atoms with Gasteiger partial charge in [0.25, 0.3) is 5.91 Å². The molecule has 3 fully saturated rings. The molecule has 4 nitrogen and oxygen atoms in total. The Morgan fingerprint density at radius 1 is 1.07 bits per heavy atom.